The van der Waals surface area contributed by atoms with E-state index in [2.05, 4.69) is 5.32 Å². The average Bonchev–Trinajstić information content (AvgIpc) is 3.03. The molecule has 0 aromatic heterocycles. The van der Waals surface area contributed by atoms with Gasteiger partial charge in [0.2, 0.25) is 0 Å². The highest BCUT2D eigenvalue weighted by molar-refractivity contribution is 6.40. The Balaban J connectivity index is 1.30. The van der Waals surface area contributed by atoms with E-state index < -0.39 is 17.8 Å². The molecule has 5 rings (SSSR count). The van der Waals surface area contributed by atoms with Gasteiger partial charge in [0.25, 0.3) is 11.8 Å². The highest BCUT2D eigenvalue weighted by Gasteiger charge is 2.37. The van der Waals surface area contributed by atoms with Crippen LogP contribution >= 0.6 is 23.2 Å². The Hall–Kier alpha value is -4.99. The molecule has 0 bridgehead atoms. The van der Waals surface area contributed by atoms with E-state index in [-0.39, 0.29) is 33.7 Å². The van der Waals surface area contributed by atoms with Crippen molar-refractivity contribution in [1.82, 2.24) is 5.32 Å². The number of halogens is 2. The number of benzene rings is 4. The number of barbiturate groups is 1. The Kier molecular flexibility index (Phi) is 9.92. The van der Waals surface area contributed by atoms with Crippen LogP contribution in [0.3, 0.4) is 0 Å². The van der Waals surface area contributed by atoms with Crippen molar-refractivity contribution in [3.8, 4) is 23.0 Å². The number of amides is 4. The van der Waals surface area contributed by atoms with Crippen LogP contribution in [-0.4, -0.2) is 31.6 Å². The van der Waals surface area contributed by atoms with Crippen molar-refractivity contribution < 1.29 is 33.3 Å². The summed E-state index contributed by atoms with van der Waals surface area (Å²) in [6.45, 7) is 2.82. The van der Waals surface area contributed by atoms with Crippen molar-refractivity contribution in [2.45, 2.75) is 20.1 Å². The van der Waals surface area contributed by atoms with Crippen molar-refractivity contribution in [3.05, 3.63) is 117 Å². The minimum absolute atomic E-state index is 0.120. The maximum Gasteiger partial charge on any atom is 0.335 e. The Morgan fingerprint density at radius 1 is 0.778 bits per heavy atom. The molecule has 4 aromatic carbocycles. The summed E-state index contributed by atoms with van der Waals surface area (Å²) in [6, 6.07) is 23.7. The smallest absolute Gasteiger partial charge is 0.335 e. The first-order valence-electron chi connectivity index (χ1n) is 13.9. The molecular weight excluding hydrogens is 619 g/mol. The number of imide groups is 2. The maximum absolute atomic E-state index is 13.3. The molecule has 1 saturated heterocycles. The van der Waals surface area contributed by atoms with E-state index in [4.69, 9.17) is 42.1 Å². The predicted molar refractivity (Wildman–Crippen MR) is 171 cm³/mol. The Bertz CT molecular complexity index is 1740. The second kappa shape index (κ2) is 14.2. The van der Waals surface area contributed by atoms with Gasteiger partial charge in [0.15, 0.2) is 17.2 Å². The van der Waals surface area contributed by atoms with Gasteiger partial charge in [-0.3, -0.25) is 14.9 Å². The van der Waals surface area contributed by atoms with E-state index >= 15 is 0 Å². The van der Waals surface area contributed by atoms with Crippen LogP contribution in [0.4, 0.5) is 10.5 Å². The van der Waals surface area contributed by atoms with E-state index in [1.165, 1.54) is 18.2 Å². The van der Waals surface area contributed by atoms with Gasteiger partial charge < -0.3 is 18.9 Å². The van der Waals surface area contributed by atoms with Gasteiger partial charge in [-0.2, -0.15) is 0 Å². The van der Waals surface area contributed by atoms with Crippen LogP contribution in [0.15, 0.2) is 90.5 Å². The minimum Gasteiger partial charge on any atom is -0.494 e. The number of rotatable bonds is 11. The van der Waals surface area contributed by atoms with Crippen molar-refractivity contribution in [3.63, 3.8) is 0 Å². The largest absolute Gasteiger partial charge is 0.494 e. The fraction of sp³-hybridized carbons (Fsp3) is 0.147. The summed E-state index contributed by atoms with van der Waals surface area (Å²) < 4.78 is 22.8. The topological polar surface area (TPSA) is 103 Å². The molecule has 4 aromatic rings. The molecule has 1 aliphatic heterocycles. The average molecular weight is 648 g/mol. The number of nitrogens with one attached hydrogen (secondary N) is 1. The summed E-state index contributed by atoms with van der Waals surface area (Å²) >= 11 is 13.0. The van der Waals surface area contributed by atoms with Gasteiger partial charge in [0, 0.05) is 0 Å². The quantitative estimate of drug-likeness (QED) is 0.135. The fourth-order valence-corrected chi connectivity index (χ4v) is 5.14. The number of nitrogens with zero attached hydrogens (tertiary/aromatic N) is 1. The lowest BCUT2D eigenvalue weighted by atomic mass is 10.1. The van der Waals surface area contributed by atoms with Gasteiger partial charge in [-0.25, -0.2) is 9.69 Å². The molecular formula is C34H28Cl2N2O7. The highest BCUT2D eigenvalue weighted by Crippen LogP contribution is 2.37. The van der Waals surface area contributed by atoms with E-state index in [0.717, 1.165) is 16.0 Å². The van der Waals surface area contributed by atoms with E-state index in [0.29, 0.717) is 36.0 Å². The molecule has 0 atom stereocenters. The van der Waals surface area contributed by atoms with E-state index in [9.17, 15) is 14.4 Å². The van der Waals surface area contributed by atoms with Crippen LogP contribution in [0, 0.1) is 0 Å². The highest BCUT2D eigenvalue weighted by atomic mass is 35.5. The zero-order chi connectivity index (χ0) is 31.9. The lowest BCUT2D eigenvalue weighted by Gasteiger charge is -2.26. The van der Waals surface area contributed by atoms with Crippen LogP contribution in [0.1, 0.15) is 23.6 Å². The normalized spacial score (nSPS) is 13.9. The van der Waals surface area contributed by atoms with Crippen LogP contribution in [-0.2, 0) is 22.8 Å². The van der Waals surface area contributed by atoms with Gasteiger partial charge in [-0.05, 0) is 78.2 Å². The molecule has 45 heavy (non-hydrogen) atoms. The standard InChI is InChI=1S/C34H28Cl2N2O7/c1-3-43-25-12-10-24(11-13-25)38-33(40)26(32(39)37-34(38)41)15-23-16-27(35)31(28(36)17-23)45-20-22-9-14-29(30(18-22)42-2)44-19-21-7-5-4-6-8-21/h4-18H,3,19-20H2,1-2H3,(H,37,39,41)/b26-15+. The van der Waals surface area contributed by atoms with Crippen molar-refractivity contribution in [1.29, 1.82) is 0 Å². The van der Waals surface area contributed by atoms with Gasteiger partial charge in [-0.1, -0.05) is 59.6 Å². The van der Waals surface area contributed by atoms with Gasteiger partial charge in [0.1, 0.15) is 24.5 Å². The summed E-state index contributed by atoms with van der Waals surface area (Å²) in [5, 5.41) is 2.51. The molecule has 1 aliphatic rings. The van der Waals surface area contributed by atoms with Crippen molar-refractivity contribution in [2.75, 3.05) is 18.6 Å². The zero-order valence-electron chi connectivity index (χ0n) is 24.3. The third kappa shape index (κ3) is 7.39. The molecule has 230 valence electrons. The van der Waals surface area contributed by atoms with Gasteiger partial charge >= 0.3 is 6.03 Å². The number of carbonyl (C=O) groups is 3. The summed E-state index contributed by atoms with van der Waals surface area (Å²) in [7, 11) is 1.56. The zero-order valence-corrected chi connectivity index (χ0v) is 25.9. The van der Waals surface area contributed by atoms with E-state index in [1.54, 1.807) is 43.5 Å². The third-order valence-electron chi connectivity index (χ3n) is 6.69. The number of methoxy groups -OCH3 is 1. The lowest BCUT2D eigenvalue weighted by molar-refractivity contribution is -0.122. The summed E-state index contributed by atoms with van der Waals surface area (Å²) in [4.78, 5) is 39.4. The number of carbonyl (C=O) groups excluding carboxylic acids is 3. The van der Waals surface area contributed by atoms with Crippen LogP contribution in [0.5, 0.6) is 23.0 Å². The van der Waals surface area contributed by atoms with E-state index in [1.807, 2.05) is 43.3 Å². The number of hydrogen-bond donors (Lipinski definition) is 1. The molecule has 0 aliphatic carbocycles. The van der Waals surface area contributed by atoms with Gasteiger partial charge in [-0.15, -0.1) is 0 Å². The third-order valence-corrected chi connectivity index (χ3v) is 7.25. The number of ether oxygens (including phenoxy) is 4. The predicted octanol–water partition coefficient (Wildman–Crippen LogP) is 7.23. The van der Waals surface area contributed by atoms with Crippen molar-refractivity contribution >= 4 is 52.8 Å². The molecule has 11 heteroatoms. The molecule has 1 heterocycles. The van der Waals surface area contributed by atoms with Gasteiger partial charge in [0.05, 0.1) is 29.4 Å². The number of hydrogen-bond acceptors (Lipinski definition) is 7. The first kappa shape index (κ1) is 31.4. The Morgan fingerprint density at radius 2 is 1.47 bits per heavy atom. The Labute approximate surface area is 269 Å². The SMILES string of the molecule is CCOc1ccc(N2C(=O)NC(=O)/C(=C\c3cc(Cl)c(OCc4ccc(OCc5ccccc5)c(OC)c4)c(Cl)c3)C2=O)cc1. The fourth-order valence-electron chi connectivity index (χ4n) is 4.53. The second-order valence-corrected chi connectivity index (χ2v) is 10.6. The number of anilines is 1. The molecule has 0 spiro atoms. The molecule has 1 N–H and O–H groups in total. The number of urea groups is 1. The molecule has 9 nitrogen and oxygen atoms in total. The monoisotopic (exact) mass is 646 g/mol. The lowest BCUT2D eigenvalue weighted by Crippen LogP contribution is -2.54. The summed E-state index contributed by atoms with van der Waals surface area (Å²) in [6.07, 6.45) is 1.31. The van der Waals surface area contributed by atoms with Crippen LogP contribution in [0.2, 0.25) is 10.0 Å². The summed E-state index contributed by atoms with van der Waals surface area (Å²) in [5.74, 6) is 0.278. The molecule has 0 radical (unpaired) electrons. The molecule has 4 amide bonds. The molecule has 1 fully saturated rings. The minimum atomic E-state index is -0.862. The summed E-state index contributed by atoms with van der Waals surface area (Å²) in [5.41, 5.74) is 2.17. The molecule has 0 unspecified atom stereocenters. The first-order chi connectivity index (χ1) is 21.8. The van der Waals surface area contributed by atoms with Crippen LogP contribution < -0.4 is 29.2 Å². The first-order valence-corrected chi connectivity index (χ1v) is 14.6. The Morgan fingerprint density at radius 3 is 2.13 bits per heavy atom. The molecule has 0 saturated carbocycles. The van der Waals surface area contributed by atoms with Crippen molar-refractivity contribution in [2.24, 2.45) is 0 Å². The second-order valence-electron chi connectivity index (χ2n) is 9.75. The maximum atomic E-state index is 13.3. The van der Waals surface area contributed by atoms with Crippen LogP contribution in [0.25, 0.3) is 6.08 Å².